The van der Waals surface area contributed by atoms with Gasteiger partial charge in [-0.2, -0.15) is 0 Å². The fourth-order valence-corrected chi connectivity index (χ4v) is 3.44. The molecule has 3 aromatic rings. The molecule has 0 aromatic heterocycles. The predicted octanol–water partition coefficient (Wildman–Crippen LogP) is 3.95. The minimum atomic E-state index is -0.645. The van der Waals surface area contributed by atoms with Gasteiger partial charge in [-0.25, -0.2) is 0 Å². The van der Waals surface area contributed by atoms with Crippen molar-refractivity contribution in [3.63, 3.8) is 0 Å². The Morgan fingerprint density at radius 1 is 0.862 bits per heavy atom. The van der Waals surface area contributed by atoms with Crippen LogP contribution in [0.2, 0.25) is 0 Å². The zero-order valence-corrected chi connectivity index (χ0v) is 16.2. The summed E-state index contributed by atoms with van der Waals surface area (Å²) in [5, 5.41) is 19.8. The average molecular weight is 394 g/mol. The molecule has 2 atom stereocenters. The summed E-state index contributed by atoms with van der Waals surface area (Å²) in [5.41, 5.74) is 2.66. The summed E-state index contributed by atoms with van der Waals surface area (Å²) in [6.07, 6.45) is -1.23. The second-order valence-corrected chi connectivity index (χ2v) is 6.68. The molecule has 1 aliphatic rings. The van der Waals surface area contributed by atoms with Crippen molar-refractivity contribution in [3.8, 4) is 39.9 Å². The maximum Gasteiger partial charge on any atom is 0.204 e. The van der Waals surface area contributed by atoms with Crippen molar-refractivity contribution >= 4 is 0 Å². The molecule has 3 aromatic carbocycles. The van der Waals surface area contributed by atoms with Crippen LogP contribution in [0.25, 0.3) is 11.1 Å². The molecular weight excluding hydrogens is 372 g/mol. The first-order valence-electron chi connectivity index (χ1n) is 9.23. The molecule has 0 saturated heterocycles. The Kier molecular flexibility index (Phi) is 5.18. The monoisotopic (exact) mass is 394 g/mol. The van der Waals surface area contributed by atoms with Crippen LogP contribution >= 0.6 is 0 Å². The zero-order chi connectivity index (χ0) is 20.4. The number of phenolic OH excluding ortho intramolecular Hbond substituents is 1. The molecule has 0 amide bonds. The van der Waals surface area contributed by atoms with E-state index in [1.54, 1.807) is 19.2 Å². The number of aliphatic hydroxyl groups excluding tert-OH is 1. The molecule has 2 N–H and O–H groups in total. The number of phenols is 1. The van der Waals surface area contributed by atoms with Gasteiger partial charge >= 0.3 is 0 Å². The molecule has 0 spiro atoms. The SMILES string of the molecule is COc1cc(C2Oc3cc(-c4ccccc4)cc(OC)c3OC2CO)ccc1O. The van der Waals surface area contributed by atoms with Gasteiger partial charge in [-0.1, -0.05) is 36.4 Å². The fourth-order valence-electron chi connectivity index (χ4n) is 3.44. The summed E-state index contributed by atoms with van der Waals surface area (Å²) in [7, 11) is 3.05. The third kappa shape index (κ3) is 3.54. The lowest BCUT2D eigenvalue weighted by atomic mass is 10.0. The lowest BCUT2D eigenvalue weighted by molar-refractivity contribution is -0.0141. The largest absolute Gasteiger partial charge is 0.504 e. The molecule has 4 rings (SSSR count). The van der Waals surface area contributed by atoms with Crippen molar-refractivity contribution in [2.75, 3.05) is 20.8 Å². The van der Waals surface area contributed by atoms with E-state index in [-0.39, 0.29) is 12.4 Å². The lowest BCUT2D eigenvalue weighted by Gasteiger charge is -2.34. The number of fused-ring (bicyclic) bond motifs is 1. The highest BCUT2D eigenvalue weighted by atomic mass is 16.6. The van der Waals surface area contributed by atoms with Crippen LogP contribution in [-0.2, 0) is 0 Å². The molecule has 2 unspecified atom stereocenters. The average Bonchev–Trinajstić information content (AvgIpc) is 2.78. The van der Waals surface area contributed by atoms with Gasteiger partial charge in [0.25, 0.3) is 0 Å². The first-order valence-corrected chi connectivity index (χ1v) is 9.23. The van der Waals surface area contributed by atoms with Gasteiger partial charge < -0.3 is 29.2 Å². The predicted molar refractivity (Wildman–Crippen MR) is 108 cm³/mol. The Hall–Kier alpha value is -3.38. The van der Waals surface area contributed by atoms with Crippen LogP contribution < -0.4 is 18.9 Å². The molecule has 29 heavy (non-hydrogen) atoms. The van der Waals surface area contributed by atoms with E-state index >= 15 is 0 Å². The smallest absolute Gasteiger partial charge is 0.204 e. The number of benzene rings is 3. The molecule has 0 fully saturated rings. The molecule has 6 heteroatoms. The maximum absolute atomic E-state index is 9.90. The summed E-state index contributed by atoms with van der Waals surface area (Å²) >= 11 is 0. The number of rotatable bonds is 5. The van der Waals surface area contributed by atoms with E-state index in [0.717, 1.165) is 11.1 Å². The third-order valence-electron chi connectivity index (χ3n) is 4.92. The number of aliphatic hydroxyl groups is 1. The highest BCUT2D eigenvalue weighted by Crippen LogP contribution is 2.48. The zero-order valence-electron chi connectivity index (χ0n) is 16.2. The lowest BCUT2D eigenvalue weighted by Crippen LogP contribution is -2.36. The summed E-state index contributed by atoms with van der Waals surface area (Å²) < 4.78 is 23.0. The van der Waals surface area contributed by atoms with Crippen molar-refractivity contribution in [3.05, 3.63) is 66.2 Å². The van der Waals surface area contributed by atoms with E-state index in [0.29, 0.717) is 28.6 Å². The van der Waals surface area contributed by atoms with E-state index in [1.165, 1.54) is 13.2 Å². The van der Waals surface area contributed by atoms with Crippen LogP contribution in [0, 0.1) is 0 Å². The van der Waals surface area contributed by atoms with Crippen molar-refractivity contribution in [1.29, 1.82) is 0 Å². The molecule has 1 heterocycles. The molecule has 150 valence electrons. The van der Waals surface area contributed by atoms with Crippen LogP contribution in [0.3, 0.4) is 0 Å². The summed E-state index contributed by atoms with van der Waals surface area (Å²) in [5.74, 6) is 1.85. The normalized spacial score (nSPS) is 17.6. The van der Waals surface area contributed by atoms with Crippen LogP contribution in [0.5, 0.6) is 28.7 Å². The van der Waals surface area contributed by atoms with Crippen LogP contribution in [0.1, 0.15) is 11.7 Å². The minimum Gasteiger partial charge on any atom is -0.504 e. The van der Waals surface area contributed by atoms with Gasteiger partial charge in [0.05, 0.1) is 20.8 Å². The van der Waals surface area contributed by atoms with E-state index in [4.69, 9.17) is 18.9 Å². The van der Waals surface area contributed by atoms with Crippen LogP contribution in [0.4, 0.5) is 0 Å². The molecule has 6 nitrogen and oxygen atoms in total. The second-order valence-electron chi connectivity index (χ2n) is 6.68. The highest BCUT2D eigenvalue weighted by Gasteiger charge is 2.35. The fraction of sp³-hybridized carbons (Fsp3) is 0.217. The van der Waals surface area contributed by atoms with Crippen molar-refractivity contribution in [2.45, 2.75) is 12.2 Å². The molecule has 0 aliphatic carbocycles. The van der Waals surface area contributed by atoms with Gasteiger partial charge in [-0.05, 0) is 35.4 Å². The molecule has 0 radical (unpaired) electrons. The van der Waals surface area contributed by atoms with E-state index in [2.05, 4.69) is 0 Å². The molecule has 1 aliphatic heterocycles. The minimum absolute atomic E-state index is 0.0296. The quantitative estimate of drug-likeness (QED) is 0.682. The van der Waals surface area contributed by atoms with E-state index in [1.807, 2.05) is 42.5 Å². The highest BCUT2D eigenvalue weighted by molar-refractivity contribution is 5.71. The first kappa shape index (κ1) is 19.0. The van der Waals surface area contributed by atoms with Crippen LogP contribution in [-0.4, -0.2) is 37.1 Å². The standard InChI is InChI=1S/C23H22O6/c1-26-18-10-15(8-9-17(18)25)22-21(13-24)29-23-19(27-2)11-16(12-20(23)28-22)14-6-4-3-5-7-14/h3-12,21-22,24-25H,13H2,1-2H3. The van der Waals surface area contributed by atoms with E-state index < -0.39 is 12.2 Å². The van der Waals surface area contributed by atoms with Crippen LogP contribution in [0.15, 0.2) is 60.7 Å². The summed E-state index contributed by atoms with van der Waals surface area (Å²) in [6.45, 7) is -0.253. The molecule has 0 bridgehead atoms. The molecular formula is C23H22O6. The number of aromatic hydroxyl groups is 1. The topological polar surface area (TPSA) is 77.4 Å². The maximum atomic E-state index is 9.90. The van der Waals surface area contributed by atoms with Gasteiger partial charge in [0, 0.05) is 5.56 Å². The second kappa shape index (κ2) is 7.93. The molecule has 0 saturated carbocycles. The number of ether oxygens (including phenoxy) is 4. The van der Waals surface area contributed by atoms with Gasteiger partial charge in [0.1, 0.15) is 0 Å². The van der Waals surface area contributed by atoms with Crippen molar-refractivity contribution in [1.82, 2.24) is 0 Å². The van der Waals surface area contributed by atoms with Gasteiger partial charge in [-0.15, -0.1) is 0 Å². The number of hydrogen-bond donors (Lipinski definition) is 2. The van der Waals surface area contributed by atoms with Gasteiger partial charge in [-0.3, -0.25) is 0 Å². The first-order chi connectivity index (χ1) is 14.1. The Balaban J connectivity index is 1.77. The van der Waals surface area contributed by atoms with Crippen molar-refractivity contribution in [2.24, 2.45) is 0 Å². The summed E-state index contributed by atoms with van der Waals surface area (Å²) in [4.78, 5) is 0. The third-order valence-corrected chi connectivity index (χ3v) is 4.92. The Labute approximate surface area is 168 Å². The van der Waals surface area contributed by atoms with E-state index in [9.17, 15) is 10.2 Å². The number of hydrogen-bond acceptors (Lipinski definition) is 6. The summed E-state index contributed by atoms with van der Waals surface area (Å²) in [6, 6.07) is 18.6. The van der Waals surface area contributed by atoms with Gasteiger partial charge in [0.2, 0.25) is 5.75 Å². The number of methoxy groups -OCH3 is 2. The van der Waals surface area contributed by atoms with Gasteiger partial charge in [0.15, 0.2) is 35.2 Å². The van der Waals surface area contributed by atoms with Crippen molar-refractivity contribution < 1.29 is 29.2 Å². The Morgan fingerprint density at radius 3 is 2.31 bits per heavy atom. The Morgan fingerprint density at radius 2 is 1.62 bits per heavy atom. The Bertz CT molecular complexity index is 1000.